The van der Waals surface area contributed by atoms with Crippen LogP contribution in [0.15, 0.2) is 30.3 Å². The normalized spacial score (nSPS) is 14.5. The van der Waals surface area contributed by atoms with Crippen molar-refractivity contribution in [2.45, 2.75) is 25.4 Å². The van der Waals surface area contributed by atoms with E-state index in [0.717, 1.165) is 5.56 Å². The number of hydrogen-bond donors (Lipinski definition) is 1. The molecule has 1 aromatic heterocycles. The molecule has 0 aliphatic rings. The zero-order chi connectivity index (χ0) is 12.3. The molecule has 90 valence electrons. The van der Waals surface area contributed by atoms with Crippen molar-refractivity contribution in [3.05, 3.63) is 41.7 Å². The summed E-state index contributed by atoms with van der Waals surface area (Å²) in [5, 5.41) is 22.0. The fraction of sp³-hybridized carbons (Fsp3) is 0.417. The highest BCUT2D eigenvalue weighted by Gasteiger charge is 2.23. The van der Waals surface area contributed by atoms with E-state index in [1.807, 2.05) is 30.3 Å². The van der Waals surface area contributed by atoms with Crippen LogP contribution >= 0.6 is 0 Å². The summed E-state index contributed by atoms with van der Waals surface area (Å²) in [5.74, 6) is 0.563. The first kappa shape index (κ1) is 11.7. The second kappa shape index (κ2) is 4.63. The highest BCUT2D eigenvalue weighted by molar-refractivity contribution is 5.17. The Labute approximate surface area is 100 Å². The molecule has 2 aromatic rings. The van der Waals surface area contributed by atoms with Gasteiger partial charge >= 0.3 is 0 Å². The smallest absolute Gasteiger partial charge is 0.177 e. The minimum absolute atomic E-state index is 0.399. The summed E-state index contributed by atoms with van der Waals surface area (Å²) in [4.78, 5) is 1.40. The van der Waals surface area contributed by atoms with Crippen LogP contribution in [0.5, 0.6) is 0 Å². The van der Waals surface area contributed by atoms with Gasteiger partial charge in [0.25, 0.3) is 0 Å². The molecule has 2 rings (SSSR count). The van der Waals surface area contributed by atoms with E-state index < -0.39 is 5.60 Å². The molecular weight excluding hydrogens is 216 g/mol. The summed E-state index contributed by atoms with van der Waals surface area (Å²) < 4.78 is 0. The average Bonchev–Trinajstić information content (AvgIpc) is 2.63. The van der Waals surface area contributed by atoms with Crippen LogP contribution in [-0.4, -0.2) is 30.9 Å². The summed E-state index contributed by atoms with van der Waals surface area (Å²) in [6, 6.07) is 9.89. The maximum atomic E-state index is 10.3. The van der Waals surface area contributed by atoms with Gasteiger partial charge in [-0.2, -0.15) is 4.80 Å². The van der Waals surface area contributed by atoms with Crippen LogP contribution in [0.4, 0.5) is 0 Å². The van der Waals surface area contributed by atoms with Gasteiger partial charge < -0.3 is 5.11 Å². The Bertz CT molecular complexity index is 478. The van der Waals surface area contributed by atoms with Gasteiger partial charge in [-0.25, -0.2) is 0 Å². The van der Waals surface area contributed by atoms with E-state index in [-0.39, 0.29) is 0 Å². The fourth-order valence-electron chi connectivity index (χ4n) is 1.83. The molecule has 0 bridgehead atoms. The van der Waals surface area contributed by atoms with Gasteiger partial charge in [0.05, 0.1) is 12.6 Å². The van der Waals surface area contributed by atoms with Crippen molar-refractivity contribution in [3.8, 4) is 0 Å². The van der Waals surface area contributed by atoms with Crippen molar-refractivity contribution >= 4 is 0 Å². The van der Waals surface area contributed by atoms with Crippen molar-refractivity contribution < 1.29 is 5.11 Å². The first-order valence-electron chi connectivity index (χ1n) is 5.54. The van der Waals surface area contributed by atoms with Gasteiger partial charge in [0.2, 0.25) is 0 Å². The summed E-state index contributed by atoms with van der Waals surface area (Å²) in [6.07, 6.45) is 0.974. The van der Waals surface area contributed by atoms with E-state index in [0.29, 0.717) is 18.7 Å². The summed E-state index contributed by atoms with van der Waals surface area (Å²) >= 11 is 0. The maximum absolute atomic E-state index is 10.3. The third-order valence-electron chi connectivity index (χ3n) is 2.52. The maximum Gasteiger partial charge on any atom is 0.177 e. The predicted octanol–water partition coefficient (Wildman–Crippen LogP) is 0.746. The number of aryl methyl sites for hydroxylation is 1. The van der Waals surface area contributed by atoms with E-state index in [9.17, 15) is 5.11 Å². The van der Waals surface area contributed by atoms with Crippen LogP contribution in [0.25, 0.3) is 0 Å². The molecule has 1 N–H and O–H groups in total. The lowest BCUT2D eigenvalue weighted by Gasteiger charge is -2.21. The third-order valence-corrected chi connectivity index (χ3v) is 2.52. The Kier molecular flexibility index (Phi) is 3.19. The van der Waals surface area contributed by atoms with E-state index in [4.69, 9.17) is 0 Å². The number of aromatic nitrogens is 4. The summed E-state index contributed by atoms with van der Waals surface area (Å²) in [5.41, 5.74) is 0.242. The largest absolute Gasteiger partial charge is 0.389 e. The molecule has 5 nitrogen and oxygen atoms in total. The molecule has 17 heavy (non-hydrogen) atoms. The first-order valence-corrected chi connectivity index (χ1v) is 5.54. The van der Waals surface area contributed by atoms with E-state index in [1.165, 1.54) is 4.80 Å². The molecule has 0 spiro atoms. The van der Waals surface area contributed by atoms with Gasteiger partial charge in [0.15, 0.2) is 5.82 Å². The Morgan fingerprint density at radius 2 is 1.94 bits per heavy atom. The predicted molar refractivity (Wildman–Crippen MR) is 63.3 cm³/mol. The molecule has 1 aromatic carbocycles. The van der Waals surface area contributed by atoms with Crippen LogP contribution in [0.1, 0.15) is 18.3 Å². The highest BCUT2D eigenvalue weighted by Crippen LogP contribution is 2.16. The molecule has 1 unspecified atom stereocenters. The van der Waals surface area contributed by atoms with Crippen molar-refractivity contribution in [3.63, 3.8) is 0 Å². The average molecular weight is 232 g/mol. The number of aliphatic hydroxyl groups is 1. The van der Waals surface area contributed by atoms with E-state index in [2.05, 4.69) is 15.4 Å². The monoisotopic (exact) mass is 232 g/mol. The van der Waals surface area contributed by atoms with Crippen molar-refractivity contribution in [1.29, 1.82) is 0 Å². The molecular formula is C12H16N4O. The van der Waals surface area contributed by atoms with Gasteiger partial charge in [-0.05, 0) is 17.7 Å². The number of hydrogen-bond acceptors (Lipinski definition) is 4. The third kappa shape index (κ3) is 3.35. The molecule has 1 atom stereocenters. The van der Waals surface area contributed by atoms with Crippen molar-refractivity contribution in [1.82, 2.24) is 20.2 Å². The molecule has 5 heteroatoms. The molecule has 0 aliphatic carbocycles. The Hall–Kier alpha value is -1.75. The quantitative estimate of drug-likeness (QED) is 0.844. The minimum atomic E-state index is -0.857. The molecule has 0 amide bonds. The summed E-state index contributed by atoms with van der Waals surface area (Å²) in [6.45, 7) is 1.79. The number of rotatable bonds is 4. The van der Waals surface area contributed by atoms with Crippen LogP contribution in [0, 0.1) is 0 Å². The lowest BCUT2D eigenvalue weighted by molar-refractivity contribution is 0.0587. The number of nitrogens with zero attached hydrogens (tertiary/aromatic N) is 4. The molecule has 1 heterocycles. The minimum Gasteiger partial charge on any atom is -0.389 e. The van der Waals surface area contributed by atoms with E-state index in [1.54, 1.807) is 14.0 Å². The molecule has 0 aliphatic heterocycles. The van der Waals surface area contributed by atoms with Gasteiger partial charge in [-0.15, -0.1) is 10.2 Å². The van der Waals surface area contributed by atoms with Crippen molar-refractivity contribution in [2.24, 2.45) is 7.05 Å². The zero-order valence-corrected chi connectivity index (χ0v) is 10.0. The van der Waals surface area contributed by atoms with Crippen LogP contribution in [0.3, 0.4) is 0 Å². The van der Waals surface area contributed by atoms with E-state index >= 15 is 0 Å². The lowest BCUT2D eigenvalue weighted by Crippen LogP contribution is -2.30. The zero-order valence-electron chi connectivity index (χ0n) is 10.0. The van der Waals surface area contributed by atoms with Gasteiger partial charge in [-0.3, -0.25) is 0 Å². The van der Waals surface area contributed by atoms with Gasteiger partial charge in [0, 0.05) is 12.8 Å². The topological polar surface area (TPSA) is 63.8 Å². The lowest BCUT2D eigenvalue weighted by atomic mass is 9.93. The molecule has 0 saturated heterocycles. The highest BCUT2D eigenvalue weighted by atomic mass is 16.3. The van der Waals surface area contributed by atoms with Crippen LogP contribution in [-0.2, 0) is 19.9 Å². The Morgan fingerprint density at radius 3 is 2.53 bits per heavy atom. The molecule has 0 fully saturated rings. The van der Waals surface area contributed by atoms with Gasteiger partial charge in [0.1, 0.15) is 0 Å². The standard InChI is InChI=1S/C12H16N4O/c1-12(17,8-10-6-4-3-5-7-10)9-11-13-15-16(2)14-11/h3-7,17H,8-9H2,1-2H3. The van der Waals surface area contributed by atoms with Gasteiger partial charge in [-0.1, -0.05) is 30.3 Å². The number of benzene rings is 1. The Morgan fingerprint density at radius 1 is 1.24 bits per heavy atom. The molecule has 0 radical (unpaired) electrons. The van der Waals surface area contributed by atoms with Crippen LogP contribution in [0.2, 0.25) is 0 Å². The van der Waals surface area contributed by atoms with Crippen LogP contribution < -0.4 is 0 Å². The second-order valence-electron chi connectivity index (χ2n) is 4.53. The SMILES string of the molecule is Cn1nnc(CC(C)(O)Cc2ccccc2)n1. The van der Waals surface area contributed by atoms with Crippen molar-refractivity contribution in [2.75, 3.05) is 0 Å². The number of tetrazole rings is 1. The second-order valence-corrected chi connectivity index (χ2v) is 4.53. The first-order chi connectivity index (χ1) is 8.05. The Balaban J connectivity index is 2.04. The fourth-order valence-corrected chi connectivity index (χ4v) is 1.83. The molecule has 0 saturated carbocycles. The summed E-state index contributed by atoms with van der Waals surface area (Å²) in [7, 11) is 1.71.